The molecule has 1 aliphatic rings. The highest BCUT2D eigenvalue weighted by Gasteiger charge is 2.31. The molecule has 0 radical (unpaired) electrons. The van der Waals surface area contributed by atoms with E-state index in [-0.39, 0.29) is 6.04 Å². The largest absolute Gasteiger partial charge is 0.469 e. The Morgan fingerprint density at radius 1 is 1.40 bits per heavy atom. The van der Waals surface area contributed by atoms with Crippen LogP contribution in [0.2, 0.25) is 0 Å². The molecule has 1 saturated heterocycles. The van der Waals surface area contributed by atoms with Gasteiger partial charge in [0.2, 0.25) is 10.0 Å². The van der Waals surface area contributed by atoms with Gasteiger partial charge in [-0.05, 0) is 31.4 Å². The zero-order chi connectivity index (χ0) is 18.1. The monoisotopic (exact) mass is 370 g/mol. The summed E-state index contributed by atoms with van der Waals surface area (Å²) in [7, 11) is -3.16. The van der Waals surface area contributed by atoms with E-state index in [9.17, 15) is 8.42 Å². The first kappa shape index (κ1) is 19.8. The van der Waals surface area contributed by atoms with Crippen LogP contribution in [-0.4, -0.2) is 57.2 Å². The first-order valence-corrected chi connectivity index (χ1v) is 10.9. The number of hydrogen-bond acceptors (Lipinski definition) is 4. The Kier molecular flexibility index (Phi) is 7.77. The zero-order valence-corrected chi connectivity index (χ0v) is 16.0. The molecule has 25 heavy (non-hydrogen) atoms. The molecule has 0 unspecified atom stereocenters. The number of hydrogen-bond donors (Lipinski definition) is 2. The van der Waals surface area contributed by atoms with Crippen molar-refractivity contribution in [2.24, 2.45) is 4.99 Å². The quantitative estimate of drug-likeness (QED) is 0.391. The van der Waals surface area contributed by atoms with Gasteiger partial charge in [0.25, 0.3) is 0 Å². The summed E-state index contributed by atoms with van der Waals surface area (Å²) in [5.74, 6) is 1.67. The predicted octanol–water partition coefficient (Wildman–Crippen LogP) is 1.58. The van der Waals surface area contributed by atoms with Gasteiger partial charge in [-0.3, -0.25) is 4.99 Å². The lowest BCUT2D eigenvalue weighted by molar-refractivity contribution is 0.396. The van der Waals surface area contributed by atoms with Crippen LogP contribution in [0.1, 0.15) is 38.4 Å². The fourth-order valence-corrected chi connectivity index (χ4v) is 4.12. The average molecular weight is 371 g/mol. The molecule has 0 aromatic carbocycles. The van der Waals surface area contributed by atoms with E-state index in [2.05, 4.69) is 22.5 Å². The number of nitrogens with one attached hydrogen (secondary N) is 2. The Balaban J connectivity index is 1.89. The van der Waals surface area contributed by atoms with E-state index in [1.165, 1.54) is 6.26 Å². The second-order valence-corrected chi connectivity index (χ2v) is 8.33. The van der Waals surface area contributed by atoms with Crippen molar-refractivity contribution in [3.63, 3.8) is 0 Å². The topological polar surface area (TPSA) is 86.9 Å². The van der Waals surface area contributed by atoms with E-state index in [4.69, 9.17) is 4.42 Å². The number of aliphatic imine (C=N–C) groups is 1. The molecule has 1 aromatic rings. The van der Waals surface area contributed by atoms with Gasteiger partial charge < -0.3 is 15.1 Å². The molecule has 0 saturated carbocycles. The Morgan fingerprint density at radius 3 is 2.88 bits per heavy atom. The van der Waals surface area contributed by atoms with Crippen molar-refractivity contribution in [3.8, 4) is 0 Å². The van der Waals surface area contributed by atoms with Gasteiger partial charge >= 0.3 is 0 Å². The second kappa shape index (κ2) is 9.82. The van der Waals surface area contributed by atoms with Crippen LogP contribution in [0.5, 0.6) is 0 Å². The third kappa shape index (κ3) is 6.70. The van der Waals surface area contributed by atoms with Crippen molar-refractivity contribution >= 4 is 16.0 Å². The van der Waals surface area contributed by atoms with Gasteiger partial charge in [0, 0.05) is 32.1 Å². The van der Waals surface area contributed by atoms with Gasteiger partial charge in [-0.25, -0.2) is 8.42 Å². The molecule has 142 valence electrons. The summed E-state index contributed by atoms with van der Waals surface area (Å²) < 4.78 is 30.6. The van der Waals surface area contributed by atoms with Crippen molar-refractivity contribution in [3.05, 3.63) is 24.2 Å². The van der Waals surface area contributed by atoms with E-state index >= 15 is 0 Å². The summed E-state index contributed by atoms with van der Waals surface area (Å²) in [4.78, 5) is 4.62. The summed E-state index contributed by atoms with van der Waals surface area (Å²) in [6, 6.07) is 3.79. The van der Waals surface area contributed by atoms with E-state index < -0.39 is 10.0 Å². The first-order valence-electron chi connectivity index (χ1n) is 9.02. The van der Waals surface area contributed by atoms with Crippen LogP contribution in [0.15, 0.2) is 27.8 Å². The van der Waals surface area contributed by atoms with Crippen LogP contribution in [-0.2, 0) is 16.4 Å². The molecule has 1 fully saturated rings. The summed E-state index contributed by atoms with van der Waals surface area (Å²) in [5.41, 5.74) is 0. The zero-order valence-electron chi connectivity index (χ0n) is 15.2. The average Bonchev–Trinajstić information content (AvgIpc) is 3.23. The molecule has 1 aliphatic heterocycles. The minimum Gasteiger partial charge on any atom is -0.469 e. The molecule has 0 aliphatic carbocycles. The molecule has 2 rings (SSSR count). The van der Waals surface area contributed by atoms with Gasteiger partial charge in [-0.1, -0.05) is 13.3 Å². The molecular formula is C17H30N4O3S. The summed E-state index contributed by atoms with van der Waals surface area (Å²) in [6.07, 6.45) is 7.67. The third-order valence-corrected chi connectivity index (χ3v) is 5.61. The molecule has 0 spiro atoms. The Morgan fingerprint density at radius 2 is 2.20 bits per heavy atom. The van der Waals surface area contributed by atoms with E-state index in [1.54, 1.807) is 10.6 Å². The molecular weight excluding hydrogens is 340 g/mol. The smallest absolute Gasteiger partial charge is 0.211 e. The molecule has 1 aromatic heterocycles. The Labute approximate surface area is 150 Å². The van der Waals surface area contributed by atoms with Crippen molar-refractivity contribution in [2.75, 3.05) is 32.4 Å². The van der Waals surface area contributed by atoms with Gasteiger partial charge in [0.15, 0.2) is 5.96 Å². The van der Waals surface area contributed by atoms with Gasteiger partial charge in [0.1, 0.15) is 5.76 Å². The van der Waals surface area contributed by atoms with Crippen molar-refractivity contribution < 1.29 is 12.8 Å². The van der Waals surface area contributed by atoms with E-state index in [1.807, 2.05) is 12.1 Å². The second-order valence-electron chi connectivity index (χ2n) is 6.40. The molecule has 2 N–H and O–H groups in total. The van der Waals surface area contributed by atoms with Crippen LogP contribution < -0.4 is 10.6 Å². The van der Waals surface area contributed by atoms with Crippen LogP contribution in [0.4, 0.5) is 0 Å². The number of nitrogens with zero attached hydrogens (tertiary/aromatic N) is 2. The fourth-order valence-electron chi connectivity index (χ4n) is 2.94. The molecule has 7 nitrogen and oxygen atoms in total. The molecule has 8 heteroatoms. The highest BCUT2D eigenvalue weighted by Crippen LogP contribution is 2.20. The summed E-state index contributed by atoms with van der Waals surface area (Å²) in [6.45, 7) is 4.79. The minimum atomic E-state index is -3.16. The molecule has 1 atom stereocenters. The summed E-state index contributed by atoms with van der Waals surface area (Å²) >= 11 is 0. The third-order valence-electron chi connectivity index (χ3n) is 4.28. The van der Waals surface area contributed by atoms with Crippen LogP contribution in [0.3, 0.4) is 0 Å². The standard InChI is InChI=1S/C17H30N4O3S/c1-3-4-10-18-17(19-11-9-16-8-6-13-24-16)20-14-15-7-5-12-21(15)25(2,22)23/h6,8,13,15H,3-5,7,9-12,14H2,1-2H3,(H2,18,19,20)/t15-/m1/s1. The normalized spacial score (nSPS) is 19.3. The van der Waals surface area contributed by atoms with Crippen molar-refractivity contribution in [1.29, 1.82) is 0 Å². The predicted molar refractivity (Wildman–Crippen MR) is 100 cm³/mol. The first-order chi connectivity index (χ1) is 12.0. The highest BCUT2D eigenvalue weighted by atomic mass is 32.2. The lowest BCUT2D eigenvalue weighted by atomic mass is 10.2. The van der Waals surface area contributed by atoms with Crippen LogP contribution >= 0.6 is 0 Å². The maximum absolute atomic E-state index is 11.8. The summed E-state index contributed by atoms with van der Waals surface area (Å²) in [5, 5.41) is 6.62. The highest BCUT2D eigenvalue weighted by molar-refractivity contribution is 7.88. The maximum atomic E-state index is 11.8. The maximum Gasteiger partial charge on any atom is 0.211 e. The Hall–Kier alpha value is -1.54. The van der Waals surface area contributed by atoms with E-state index in [0.29, 0.717) is 19.6 Å². The lowest BCUT2D eigenvalue weighted by Crippen LogP contribution is -2.41. The molecule has 2 heterocycles. The number of sulfonamides is 1. The van der Waals surface area contributed by atoms with Crippen LogP contribution in [0.25, 0.3) is 0 Å². The van der Waals surface area contributed by atoms with Gasteiger partial charge in [0.05, 0.1) is 19.1 Å². The van der Waals surface area contributed by atoms with Gasteiger partial charge in [-0.15, -0.1) is 0 Å². The van der Waals surface area contributed by atoms with Crippen molar-refractivity contribution in [1.82, 2.24) is 14.9 Å². The van der Waals surface area contributed by atoms with Crippen molar-refractivity contribution in [2.45, 2.75) is 45.1 Å². The molecule has 0 bridgehead atoms. The number of unbranched alkanes of at least 4 members (excludes halogenated alkanes) is 1. The number of rotatable bonds is 9. The van der Waals surface area contributed by atoms with Gasteiger partial charge in [-0.2, -0.15) is 4.31 Å². The number of furan rings is 1. The minimum absolute atomic E-state index is 0.0372. The van der Waals surface area contributed by atoms with E-state index in [0.717, 1.165) is 50.4 Å². The molecule has 0 amide bonds. The lowest BCUT2D eigenvalue weighted by Gasteiger charge is -2.21. The number of guanidine groups is 1. The SMILES string of the molecule is CCCCNC(=NC[C@H]1CCCN1S(C)(=O)=O)NCCc1ccco1. The van der Waals surface area contributed by atoms with Crippen LogP contribution in [0, 0.1) is 0 Å². The fraction of sp³-hybridized carbons (Fsp3) is 0.706. The Bertz CT molecular complexity index is 628.